The Kier molecular flexibility index (Phi) is 8.77. The van der Waals surface area contributed by atoms with Crippen molar-refractivity contribution in [2.24, 2.45) is 0 Å². The van der Waals surface area contributed by atoms with Crippen molar-refractivity contribution in [3.8, 4) is 17.2 Å². The van der Waals surface area contributed by atoms with Crippen LogP contribution in [0.3, 0.4) is 0 Å². The minimum atomic E-state index is -4.37. The van der Waals surface area contributed by atoms with E-state index in [0.29, 0.717) is 5.75 Å². The third-order valence-corrected chi connectivity index (χ3v) is 5.94. The first kappa shape index (κ1) is 26.8. The van der Waals surface area contributed by atoms with Crippen LogP contribution < -0.4 is 19.5 Å². The van der Waals surface area contributed by atoms with Gasteiger partial charge < -0.3 is 23.7 Å². The van der Waals surface area contributed by atoms with Crippen LogP contribution in [0.2, 0.25) is 0 Å². The fourth-order valence-corrected chi connectivity index (χ4v) is 3.85. The molecule has 2 aromatic carbocycles. The second kappa shape index (κ2) is 11.1. The van der Waals surface area contributed by atoms with E-state index in [2.05, 4.69) is 9.50 Å². The third-order valence-electron chi connectivity index (χ3n) is 4.46. The zero-order chi connectivity index (χ0) is 25.5. The third kappa shape index (κ3) is 7.56. The second-order valence-corrected chi connectivity index (χ2v) is 9.97. The summed E-state index contributed by atoms with van der Waals surface area (Å²) in [5, 5.41) is 1.72. The van der Waals surface area contributed by atoms with Crippen molar-refractivity contribution in [1.29, 1.82) is 0 Å². The molecule has 11 heteroatoms. The fraction of sp³-hybridized carbons (Fsp3) is 0.348. The summed E-state index contributed by atoms with van der Waals surface area (Å²) in [6.07, 6.45) is 0. The second-order valence-electron chi connectivity index (χ2n) is 8.22. The largest absolute Gasteiger partial charge is 0.497 e. The molecule has 184 valence electrons. The maximum atomic E-state index is 12.6. The zero-order valence-electron chi connectivity index (χ0n) is 19.5. The molecule has 0 aliphatic heterocycles. The first-order chi connectivity index (χ1) is 15.9. The molecule has 2 aromatic rings. The number of rotatable bonds is 10. The summed E-state index contributed by atoms with van der Waals surface area (Å²) in [4.78, 5) is 35.0. The van der Waals surface area contributed by atoms with Crippen molar-refractivity contribution in [3.63, 3.8) is 0 Å². The highest BCUT2D eigenvalue weighted by Gasteiger charge is 2.31. The summed E-state index contributed by atoms with van der Waals surface area (Å²) < 4.78 is 45.1. The Morgan fingerprint density at radius 2 is 1.68 bits per heavy atom. The SMILES string of the molecule is COc1ccc(C(=O)Oc2ccc(C(CNC(C)(C)C)S(=O)(=O)OC=O)cc2OC(C)=O)cc1. The molecule has 0 radical (unpaired) electrons. The van der Waals surface area contributed by atoms with Gasteiger partial charge in [0.05, 0.1) is 12.7 Å². The minimum absolute atomic E-state index is 0.101. The van der Waals surface area contributed by atoms with Gasteiger partial charge in [0, 0.05) is 19.0 Å². The average molecular weight is 494 g/mol. The van der Waals surface area contributed by atoms with Crippen LogP contribution in [0, 0.1) is 0 Å². The molecular formula is C23H27NO9S. The number of hydrogen-bond donors (Lipinski definition) is 1. The molecule has 1 atom stereocenters. The Hall–Kier alpha value is -3.44. The van der Waals surface area contributed by atoms with Gasteiger partial charge in [0.1, 0.15) is 11.0 Å². The van der Waals surface area contributed by atoms with Gasteiger partial charge >= 0.3 is 28.5 Å². The van der Waals surface area contributed by atoms with Crippen LogP contribution in [-0.4, -0.2) is 46.0 Å². The smallest absolute Gasteiger partial charge is 0.343 e. The van der Waals surface area contributed by atoms with Crippen molar-refractivity contribution in [2.75, 3.05) is 13.7 Å². The van der Waals surface area contributed by atoms with E-state index in [9.17, 15) is 22.8 Å². The first-order valence-corrected chi connectivity index (χ1v) is 11.6. The van der Waals surface area contributed by atoms with E-state index in [1.54, 1.807) is 12.1 Å². The molecule has 0 aliphatic rings. The van der Waals surface area contributed by atoms with Gasteiger partial charge in [0.15, 0.2) is 11.5 Å². The van der Waals surface area contributed by atoms with E-state index < -0.39 is 32.8 Å². The molecule has 0 aliphatic carbocycles. The molecule has 0 saturated carbocycles. The van der Waals surface area contributed by atoms with Crippen molar-refractivity contribution in [1.82, 2.24) is 5.32 Å². The van der Waals surface area contributed by atoms with Gasteiger partial charge in [0.2, 0.25) is 0 Å². The number of ether oxygens (including phenoxy) is 3. The van der Waals surface area contributed by atoms with Crippen LogP contribution in [-0.2, 0) is 23.9 Å². The number of carbonyl (C=O) groups excluding carboxylic acids is 3. The van der Waals surface area contributed by atoms with E-state index in [1.165, 1.54) is 37.4 Å². The minimum Gasteiger partial charge on any atom is -0.497 e. The summed E-state index contributed by atoms with van der Waals surface area (Å²) in [6, 6.07) is 10.1. The lowest BCUT2D eigenvalue weighted by Crippen LogP contribution is -2.40. The molecule has 2 rings (SSSR count). The Morgan fingerprint density at radius 3 is 2.21 bits per heavy atom. The Bertz CT molecular complexity index is 1140. The fourth-order valence-electron chi connectivity index (χ4n) is 2.84. The molecule has 0 fully saturated rings. The topological polar surface area (TPSA) is 134 Å². The quantitative estimate of drug-likeness (QED) is 0.228. The maximum Gasteiger partial charge on any atom is 0.343 e. The van der Waals surface area contributed by atoms with Gasteiger partial charge in [-0.3, -0.25) is 9.59 Å². The molecule has 0 aromatic heterocycles. The van der Waals surface area contributed by atoms with Crippen LogP contribution in [0.15, 0.2) is 42.5 Å². The lowest BCUT2D eigenvalue weighted by Gasteiger charge is -2.25. The number of nitrogens with one attached hydrogen (secondary N) is 1. The highest BCUT2D eigenvalue weighted by Crippen LogP contribution is 2.34. The molecular weight excluding hydrogens is 466 g/mol. The summed E-state index contributed by atoms with van der Waals surface area (Å²) in [6.45, 7) is 6.38. The van der Waals surface area contributed by atoms with Gasteiger partial charge in [-0.15, -0.1) is 0 Å². The van der Waals surface area contributed by atoms with E-state index in [1.807, 2.05) is 20.8 Å². The molecule has 1 unspecified atom stereocenters. The van der Waals surface area contributed by atoms with Gasteiger partial charge in [-0.2, -0.15) is 8.42 Å². The van der Waals surface area contributed by atoms with E-state index in [4.69, 9.17) is 14.2 Å². The van der Waals surface area contributed by atoms with Crippen LogP contribution in [0.25, 0.3) is 0 Å². The zero-order valence-corrected chi connectivity index (χ0v) is 20.3. The molecule has 0 bridgehead atoms. The highest BCUT2D eigenvalue weighted by atomic mass is 32.2. The molecule has 0 spiro atoms. The van der Waals surface area contributed by atoms with Crippen molar-refractivity contribution < 1.29 is 41.2 Å². The number of benzene rings is 2. The molecule has 1 N–H and O–H groups in total. The molecule has 10 nitrogen and oxygen atoms in total. The monoisotopic (exact) mass is 493 g/mol. The average Bonchev–Trinajstić information content (AvgIpc) is 2.74. The summed E-state index contributed by atoms with van der Waals surface area (Å²) in [5.74, 6) is -1.16. The Morgan fingerprint density at radius 1 is 1.03 bits per heavy atom. The van der Waals surface area contributed by atoms with E-state index in [-0.39, 0.29) is 35.6 Å². The number of esters is 2. The van der Waals surface area contributed by atoms with Crippen LogP contribution >= 0.6 is 0 Å². The highest BCUT2D eigenvalue weighted by molar-refractivity contribution is 7.87. The summed E-state index contributed by atoms with van der Waals surface area (Å²) in [7, 11) is -2.88. The molecule has 0 saturated heterocycles. The molecule has 0 amide bonds. The van der Waals surface area contributed by atoms with Crippen LogP contribution in [0.5, 0.6) is 17.2 Å². The number of carbonyl (C=O) groups is 3. The number of hydrogen-bond acceptors (Lipinski definition) is 10. The van der Waals surface area contributed by atoms with E-state index >= 15 is 0 Å². The lowest BCUT2D eigenvalue weighted by atomic mass is 10.1. The van der Waals surface area contributed by atoms with E-state index in [0.717, 1.165) is 6.92 Å². The van der Waals surface area contributed by atoms with Crippen molar-refractivity contribution >= 4 is 28.5 Å². The first-order valence-electron chi connectivity index (χ1n) is 10.2. The standard InChI is InChI=1S/C23H27NO9S/c1-15(26)32-20-12-17(21(13-24-23(2,3)4)34(28,29)31-14-25)8-11-19(20)33-22(27)16-6-9-18(30-5)10-7-16/h6-12,14,21,24H,13H2,1-5H3. The summed E-state index contributed by atoms with van der Waals surface area (Å²) in [5.41, 5.74) is -0.0754. The Labute approximate surface area is 198 Å². The van der Waals surface area contributed by atoms with Crippen LogP contribution in [0.4, 0.5) is 0 Å². The van der Waals surface area contributed by atoms with Gasteiger partial charge in [-0.1, -0.05) is 6.07 Å². The normalized spacial score (nSPS) is 12.4. The van der Waals surface area contributed by atoms with Gasteiger partial charge in [-0.25, -0.2) is 4.79 Å². The van der Waals surface area contributed by atoms with Gasteiger partial charge in [-0.05, 0) is 62.7 Å². The predicted molar refractivity (Wildman–Crippen MR) is 122 cm³/mol. The Balaban J connectivity index is 2.43. The summed E-state index contributed by atoms with van der Waals surface area (Å²) >= 11 is 0. The molecule has 0 heterocycles. The van der Waals surface area contributed by atoms with Crippen molar-refractivity contribution in [3.05, 3.63) is 53.6 Å². The van der Waals surface area contributed by atoms with Crippen LogP contribution in [0.1, 0.15) is 48.9 Å². The predicted octanol–water partition coefficient (Wildman–Crippen LogP) is 2.77. The van der Waals surface area contributed by atoms with Gasteiger partial charge in [0.25, 0.3) is 0 Å². The molecule has 34 heavy (non-hydrogen) atoms. The lowest BCUT2D eigenvalue weighted by molar-refractivity contribution is -0.132. The number of methoxy groups -OCH3 is 1. The maximum absolute atomic E-state index is 12.6. The van der Waals surface area contributed by atoms with Crippen molar-refractivity contribution in [2.45, 2.75) is 38.5 Å².